The van der Waals surface area contributed by atoms with E-state index >= 15 is 0 Å². The van der Waals surface area contributed by atoms with Crippen molar-refractivity contribution < 1.29 is 22.7 Å². The van der Waals surface area contributed by atoms with Crippen molar-refractivity contribution >= 4 is 44.8 Å². The van der Waals surface area contributed by atoms with Gasteiger partial charge in [-0.3, -0.25) is 14.2 Å². The third-order valence-corrected chi connectivity index (χ3v) is 7.74. The number of nitrogens with one attached hydrogen (secondary N) is 1. The number of rotatable bonds is 9. The Labute approximate surface area is 227 Å². The Bertz CT molecular complexity index is 1740. The predicted octanol–water partition coefficient (Wildman–Crippen LogP) is 2.26. The molecule has 0 saturated carbocycles. The van der Waals surface area contributed by atoms with E-state index in [0.717, 1.165) is 22.9 Å². The van der Waals surface area contributed by atoms with Crippen LogP contribution in [0.3, 0.4) is 0 Å². The number of nitrogens with zero attached hydrogens (tertiary/aromatic N) is 3. The Kier molecular flexibility index (Phi) is 7.63. The first-order valence-corrected chi connectivity index (χ1v) is 14.3. The molecule has 5 rings (SSSR count). The second-order valence-electron chi connectivity index (χ2n) is 8.50. The van der Waals surface area contributed by atoms with Crippen molar-refractivity contribution in [2.45, 2.75) is 23.0 Å². The average molecular weight is 566 g/mol. The molecule has 0 aliphatic carbocycles. The molecule has 0 radical (unpaired) electrons. The fourth-order valence-corrected chi connectivity index (χ4v) is 5.21. The highest BCUT2D eigenvalue weighted by molar-refractivity contribution is 7.99. The minimum absolute atomic E-state index is 0.0132. The molecule has 1 amide bonds. The number of aryl methyl sites for hydroxylation is 1. The second kappa shape index (κ2) is 11.3. The van der Waals surface area contributed by atoms with E-state index in [2.05, 4.69) is 15.5 Å². The van der Waals surface area contributed by atoms with Crippen molar-refractivity contribution in [2.75, 3.05) is 12.5 Å². The van der Waals surface area contributed by atoms with E-state index in [1.807, 2.05) is 0 Å². The zero-order valence-electron chi connectivity index (χ0n) is 20.4. The van der Waals surface area contributed by atoms with Crippen LogP contribution >= 0.6 is 11.8 Å². The third kappa shape index (κ3) is 6.28. The molecule has 39 heavy (non-hydrogen) atoms. The minimum Gasteiger partial charge on any atom is -0.454 e. The molecular weight excluding hydrogens is 542 g/mol. The van der Waals surface area contributed by atoms with E-state index in [4.69, 9.17) is 14.6 Å². The van der Waals surface area contributed by atoms with Crippen molar-refractivity contribution in [2.24, 2.45) is 10.2 Å². The average Bonchev–Trinajstić information content (AvgIpc) is 3.39. The summed E-state index contributed by atoms with van der Waals surface area (Å²) in [4.78, 5) is 30.4. The summed E-state index contributed by atoms with van der Waals surface area (Å²) in [7, 11) is -3.79. The molecule has 0 bridgehead atoms. The highest BCUT2D eigenvalue weighted by Gasteiger charge is 2.15. The molecule has 1 aliphatic rings. The number of aromatic nitrogens is 2. The summed E-state index contributed by atoms with van der Waals surface area (Å²) >= 11 is 1.12. The molecule has 3 N–H and O–H groups in total. The first-order valence-electron chi connectivity index (χ1n) is 11.7. The van der Waals surface area contributed by atoms with Crippen molar-refractivity contribution in [3.05, 3.63) is 88.2 Å². The number of nitrogens with two attached hydrogens (primary N) is 1. The Balaban J connectivity index is 1.28. The predicted molar refractivity (Wildman–Crippen MR) is 147 cm³/mol. The van der Waals surface area contributed by atoms with Crippen LogP contribution in [0.15, 0.2) is 86.7 Å². The summed E-state index contributed by atoms with van der Waals surface area (Å²) in [6, 6.07) is 18.5. The molecule has 0 fully saturated rings. The number of sulfonamides is 1. The van der Waals surface area contributed by atoms with Gasteiger partial charge in [0.15, 0.2) is 16.7 Å². The number of thioether (sulfide) groups is 1. The zero-order valence-corrected chi connectivity index (χ0v) is 22.1. The number of primary sulfonamides is 1. The lowest BCUT2D eigenvalue weighted by Crippen LogP contribution is -2.26. The molecular formula is C26H23N5O6S2. The summed E-state index contributed by atoms with van der Waals surface area (Å²) in [5.74, 6) is 0.875. The first kappa shape index (κ1) is 26.4. The number of hydrogen-bond donors (Lipinski definition) is 2. The summed E-state index contributed by atoms with van der Waals surface area (Å²) < 4.78 is 35.2. The number of benzene rings is 3. The number of ether oxygens (including phenoxy) is 2. The van der Waals surface area contributed by atoms with Crippen molar-refractivity contribution in [1.29, 1.82) is 0 Å². The number of hydrazone groups is 1. The maximum atomic E-state index is 13.3. The molecule has 11 nitrogen and oxygen atoms in total. The Morgan fingerprint density at radius 2 is 1.87 bits per heavy atom. The largest absolute Gasteiger partial charge is 0.454 e. The fourth-order valence-electron chi connectivity index (χ4n) is 3.88. The molecule has 1 aromatic heterocycles. The van der Waals surface area contributed by atoms with Gasteiger partial charge in [0.25, 0.3) is 11.5 Å². The van der Waals surface area contributed by atoms with Gasteiger partial charge >= 0.3 is 0 Å². The molecule has 0 unspecified atom stereocenters. The van der Waals surface area contributed by atoms with Crippen LogP contribution in [0.1, 0.15) is 11.1 Å². The van der Waals surface area contributed by atoms with E-state index in [-0.39, 0.29) is 35.5 Å². The standard InChI is InChI=1S/C26H23N5O6S2/c27-39(34,35)19-8-5-17(6-9-19)11-12-31-25(33)20-3-1-2-4-21(20)29-26(31)38-15-24(32)30-28-14-18-7-10-22-23(13-18)37-16-36-22/h1-10,13-14H,11-12,15-16H2,(H,30,32)(H2,27,34,35)/b28-14+. The molecule has 200 valence electrons. The Hall–Kier alpha value is -4.20. The Morgan fingerprint density at radius 1 is 1.10 bits per heavy atom. The van der Waals surface area contributed by atoms with Crippen LogP contribution < -0.4 is 25.6 Å². The van der Waals surface area contributed by atoms with E-state index in [0.29, 0.717) is 34.0 Å². The Morgan fingerprint density at radius 3 is 2.67 bits per heavy atom. The van der Waals surface area contributed by atoms with Crippen LogP contribution in [0.25, 0.3) is 10.9 Å². The van der Waals surface area contributed by atoms with Crippen molar-refractivity contribution in [3.8, 4) is 11.5 Å². The lowest BCUT2D eigenvalue weighted by molar-refractivity contribution is -0.118. The van der Waals surface area contributed by atoms with Gasteiger partial charge in [-0.2, -0.15) is 5.10 Å². The summed E-state index contributed by atoms with van der Waals surface area (Å²) in [5, 5.41) is 10.0. The first-order chi connectivity index (χ1) is 18.8. The SMILES string of the molecule is NS(=O)(=O)c1ccc(CCn2c(SCC(=O)N/N=C/c3ccc4c(c3)OCO4)nc3ccccc3c2=O)cc1. The van der Waals surface area contributed by atoms with Gasteiger partial charge in [0, 0.05) is 6.54 Å². The number of fused-ring (bicyclic) bond motifs is 2. The topological polar surface area (TPSA) is 155 Å². The van der Waals surface area contributed by atoms with Crippen LogP contribution in [0.4, 0.5) is 0 Å². The molecule has 0 saturated heterocycles. The molecule has 3 aromatic carbocycles. The van der Waals surface area contributed by atoms with Gasteiger partial charge in [-0.05, 0) is 60.0 Å². The van der Waals surface area contributed by atoms with Crippen LogP contribution in [0.2, 0.25) is 0 Å². The zero-order chi connectivity index (χ0) is 27.4. The smallest absolute Gasteiger partial charge is 0.262 e. The van der Waals surface area contributed by atoms with Gasteiger partial charge in [-0.25, -0.2) is 24.0 Å². The van der Waals surface area contributed by atoms with Crippen molar-refractivity contribution in [3.63, 3.8) is 0 Å². The number of amides is 1. The maximum absolute atomic E-state index is 13.3. The van der Waals surface area contributed by atoms with E-state index in [1.54, 1.807) is 54.6 Å². The van der Waals surface area contributed by atoms with E-state index < -0.39 is 10.0 Å². The number of para-hydroxylation sites is 1. The highest BCUT2D eigenvalue weighted by Crippen LogP contribution is 2.32. The van der Waals surface area contributed by atoms with E-state index in [1.165, 1.54) is 22.9 Å². The van der Waals surface area contributed by atoms with Gasteiger partial charge in [0.2, 0.25) is 16.8 Å². The summed E-state index contributed by atoms with van der Waals surface area (Å²) in [5.41, 5.74) is 4.32. The number of carbonyl (C=O) groups excluding carboxylic acids is 1. The molecule has 0 atom stereocenters. The van der Waals surface area contributed by atoms with E-state index in [9.17, 15) is 18.0 Å². The molecule has 1 aliphatic heterocycles. The van der Waals surface area contributed by atoms with Gasteiger partial charge < -0.3 is 9.47 Å². The molecule has 0 spiro atoms. The summed E-state index contributed by atoms with van der Waals surface area (Å²) in [6.07, 6.45) is 1.93. The van der Waals surface area contributed by atoms with Crippen molar-refractivity contribution in [1.82, 2.24) is 15.0 Å². The normalized spacial score (nSPS) is 12.7. The lowest BCUT2D eigenvalue weighted by Gasteiger charge is -2.13. The number of carbonyl (C=O) groups is 1. The van der Waals surface area contributed by atoms with Crippen LogP contribution in [-0.2, 0) is 27.8 Å². The second-order valence-corrected chi connectivity index (χ2v) is 11.0. The molecule has 2 heterocycles. The fraction of sp³-hybridized carbons (Fsp3) is 0.154. The monoisotopic (exact) mass is 565 g/mol. The molecule has 4 aromatic rings. The minimum atomic E-state index is -3.79. The van der Waals surface area contributed by atoms with Gasteiger partial charge in [0.1, 0.15) is 0 Å². The van der Waals surface area contributed by atoms with Crippen LogP contribution in [0.5, 0.6) is 11.5 Å². The van der Waals surface area contributed by atoms with Gasteiger partial charge in [-0.15, -0.1) is 0 Å². The summed E-state index contributed by atoms with van der Waals surface area (Å²) in [6.45, 7) is 0.445. The maximum Gasteiger partial charge on any atom is 0.262 e. The third-order valence-electron chi connectivity index (χ3n) is 5.83. The van der Waals surface area contributed by atoms with Gasteiger partial charge in [0.05, 0.1) is 27.8 Å². The molecule has 13 heteroatoms. The van der Waals surface area contributed by atoms with Gasteiger partial charge in [-0.1, -0.05) is 36.0 Å². The van der Waals surface area contributed by atoms with Crippen LogP contribution in [0, 0.1) is 0 Å². The quantitative estimate of drug-likeness (QED) is 0.136. The van der Waals surface area contributed by atoms with Crippen LogP contribution in [-0.4, -0.2) is 42.6 Å². The lowest BCUT2D eigenvalue weighted by atomic mass is 10.1. The highest BCUT2D eigenvalue weighted by atomic mass is 32.2. The number of hydrogen-bond acceptors (Lipinski definition) is 9.